The number of benzene rings is 1. The Morgan fingerprint density at radius 3 is 2.95 bits per heavy atom. The summed E-state index contributed by atoms with van der Waals surface area (Å²) in [5, 5.41) is 13.5. The molecule has 2 heterocycles. The first-order chi connectivity index (χ1) is 9.15. The second-order valence-electron chi connectivity index (χ2n) is 5.12. The summed E-state index contributed by atoms with van der Waals surface area (Å²) in [7, 11) is 2.07. The summed E-state index contributed by atoms with van der Waals surface area (Å²) in [4.78, 5) is 16.9. The molecule has 1 aromatic carbocycles. The van der Waals surface area contributed by atoms with E-state index in [0.717, 1.165) is 30.4 Å². The number of hydrogen-bond acceptors (Lipinski definition) is 3. The quantitative estimate of drug-likeness (QED) is 0.788. The van der Waals surface area contributed by atoms with Gasteiger partial charge in [0.25, 0.3) is 0 Å². The Morgan fingerprint density at radius 1 is 1.47 bits per heavy atom. The Kier molecular flexibility index (Phi) is 2.91. The van der Waals surface area contributed by atoms with Gasteiger partial charge >= 0.3 is 5.97 Å². The van der Waals surface area contributed by atoms with Crippen LogP contribution in [0.25, 0.3) is 10.9 Å². The average Bonchev–Trinajstić information content (AvgIpc) is 2.92. The maximum atomic E-state index is 11.5. The highest BCUT2D eigenvalue weighted by Gasteiger charge is 2.23. The van der Waals surface area contributed by atoms with Crippen LogP contribution in [0.15, 0.2) is 24.3 Å². The monoisotopic (exact) mass is 259 g/mol. The van der Waals surface area contributed by atoms with Crippen molar-refractivity contribution in [2.45, 2.75) is 12.5 Å². The second-order valence-corrected chi connectivity index (χ2v) is 5.12. The molecule has 5 heteroatoms. The molecule has 0 saturated carbocycles. The highest BCUT2D eigenvalue weighted by molar-refractivity contribution is 6.08. The van der Waals surface area contributed by atoms with Crippen molar-refractivity contribution in [2.75, 3.05) is 25.5 Å². The standard InChI is InChI=1S/C14H17N3O2/c1-17-7-6-9(8-17)15-13-12(14(18)19)10-4-2-3-5-11(10)16-13/h2-5,9,15-16H,6-8H2,1H3,(H,18,19). The van der Waals surface area contributed by atoms with Crippen LogP contribution in [0.1, 0.15) is 16.8 Å². The van der Waals surface area contributed by atoms with Crippen molar-refractivity contribution in [3.63, 3.8) is 0 Å². The van der Waals surface area contributed by atoms with Crippen LogP contribution in [0, 0.1) is 0 Å². The molecule has 1 aliphatic heterocycles. The van der Waals surface area contributed by atoms with Crippen molar-refractivity contribution in [3.8, 4) is 0 Å². The molecular weight excluding hydrogens is 242 g/mol. The van der Waals surface area contributed by atoms with Crippen molar-refractivity contribution in [3.05, 3.63) is 29.8 Å². The third kappa shape index (κ3) is 2.17. The van der Waals surface area contributed by atoms with Crippen LogP contribution in [0.4, 0.5) is 5.82 Å². The number of anilines is 1. The van der Waals surface area contributed by atoms with Crippen molar-refractivity contribution in [1.29, 1.82) is 0 Å². The molecule has 1 aliphatic rings. The lowest BCUT2D eigenvalue weighted by molar-refractivity contribution is 0.0700. The normalized spacial score (nSPS) is 19.9. The largest absolute Gasteiger partial charge is 0.478 e. The number of para-hydroxylation sites is 1. The summed E-state index contributed by atoms with van der Waals surface area (Å²) in [5.41, 5.74) is 1.19. The number of aromatic carboxylic acids is 1. The maximum Gasteiger partial charge on any atom is 0.340 e. The van der Waals surface area contributed by atoms with Gasteiger partial charge in [0.15, 0.2) is 0 Å². The fourth-order valence-corrected chi connectivity index (χ4v) is 2.73. The molecule has 5 nitrogen and oxygen atoms in total. The zero-order valence-corrected chi connectivity index (χ0v) is 10.8. The molecule has 0 radical (unpaired) electrons. The van der Waals surface area contributed by atoms with Crippen molar-refractivity contribution in [2.24, 2.45) is 0 Å². The number of H-pyrrole nitrogens is 1. The third-order valence-electron chi connectivity index (χ3n) is 3.66. The van der Waals surface area contributed by atoms with Gasteiger partial charge in [0.1, 0.15) is 11.4 Å². The van der Waals surface area contributed by atoms with Gasteiger partial charge < -0.3 is 20.3 Å². The number of rotatable bonds is 3. The van der Waals surface area contributed by atoms with Crippen LogP contribution in [0.3, 0.4) is 0 Å². The molecule has 19 heavy (non-hydrogen) atoms. The highest BCUT2D eigenvalue weighted by Crippen LogP contribution is 2.27. The van der Waals surface area contributed by atoms with Crippen molar-refractivity contribution in [1.82, 2.24) is 9.88 Å². The van der Waals surface area contributed by atoms with Gasteiger partial charge in [-0.3, -0.25) is 0 Å². The van der Waals surface area contributed by atoms with Gasteiger partial charge in [-0.1, -0.05) is 18.2 Å². The summed E-state index contributed by atoms with van der Waals surface area (Å²) in [5.74, 6) is -0.277. The Balaban J connectivity index is 1.98. The Bertz CT molecular complexity index is 620. The zero-order chi connectivity index (χ0) is 13.4. The van der Waals surface area contributed by atoms with Crippen molar-refractivity contribution >= 4 is 22.7 Å². The van der Waals surface area contributed by atoms with E-state index < -0.39 is 5.97 Å². The maximum absolute atomic E-state index is 11.5. The number of fused-ring (bicyclic) bond motifs is 1. The number of hydrogen-bond donors (Lipinski definition) is 3. The molecular formula is C14H17N3O2. The van der Waals surface area contributed by atoms with Crippen LogP contribution in [-0.2, 0) is 0 Å². The molecule has 0 bridgehead atoms. The zero-order valence-electron chi connectivity index (χ0n) is 10.8. The van der Waals surface area contributed by atoms with Gasteiger partial charge in [-0.25, -0.2) is 4.79 Å². The van der Waals surface area contributed by atoms with Gasteiger partial charge in [0, 0.05) is 23.5 Å². The molecule has 0 spiro atoms. The summed E-state index contributed by atoms with van der Waals surface area (Å²) >= 11 is 0. The van der Waals surface area contributed by atoms with Crippen LogP contribution in [-0.4, -0.2) is 47.1 Å². The van der Waals surface area contributed by atoms with Gasteiger partial charge in [-0.05, 0) is 26.1 Å². The molecule has 1 aromatic heterocycles. The van der Waals surface area contributed by atoms with E-state index in [1.54, 1.807) is 0 Å². The van der Waals surface area contributed by atoms with E-state index in [4.69, 9.17) is 0 Å². The first kappa shape index (κ1) is 12.0. The fourth-order valence-electron chi connectivity index (χ4n) is 2.73. The van der Waals surface area contributed by atoms with Crippen LogP contribution in [0.2, 0.25) is 0 Å². The number of nitrogens with zero attached hydrogens (tertiary/aromatic N) is 1. The second kappa shape index (κ2) is 4.59. The molecule has 2 aromatic rings. The molecule has 0 aliphatic carbocycles. The van der Waals surface area contributed by atoms with Crippen molar-refractivity contribution < 1.29 is 9.90 Å². The van der Waals surface area contributed by atoms with E-state index in [1.165, 1.54) is 0 Å². The van der Waals surface area contributed by atoms with Crippen LogP contribution >= 0.6 is 0 Å². The molecule has 0 amide bonds. The van der Waals surface area contributed by atoms with E-state index >= 15 is 0 Å². The molecule has 3 rings (SSSR count). The molecule has 1 saturated heterocycles. The SMILES string of the molecule is CN1CCC(Nc2[nH]c3ccccc3c2C(=O)O)C1. The van der Waals surface area contributed by atoms with Gasteiger partial charge in [0.05, 0.1) is 0 Å². The number of carboxylic acid groups (broad SMARTS) is 1. The van der Waals surface area contributed by atoms with E-state index in [0.29, 0.717) is 17.4 Å². The molecule has 100 valence electrons. The molecule has 1 unspecified atom stereocenters. The highest BCUT2D eigenvalue weighted by atomic mass is 16.4. The summed E-state index contributed by atoms with van der Waals surface area (Å²) in [6, 6.07) is 7.79. The Labute approximate surface area is 111 Å². The van der Waals surface area contributed by atoms with Gasteiger partial charge in [-0.15, -0.1) is 0 Å². The lowest BCUT2D eigenvalue weighted by atomic mass is 10.1. The lowest BCUT2D eigenvalue weighted by Crippen LogP contribution is -2.24. The minimum atomic E-state index is -0.897. The number of carboxylic acids is 1. The van der Waals surface area contributed by atoms with E-state index in [9.17, 15) is 9.90 Å². The minimum absolute atomic E-state index is 0.302. The Morgan fingerprint density at radius 2 is 2.26 bits per heavy atom. The number of nitrogens with one attached hydrogen (secondary N) is 2. The molecule has 1 atom stereocenters. The van der Waals surface area contributed by atoms with Crippen LogP contribution in [0.5, 0.6) is 0 Å². The van der Waals surface area contributed by atoms with E-state index in [2.05, 4.69) is 22.2 Å². The number of aromatic nitrogens is 1. The molecule has 1 fully saturated rings. The van der Waals surface area contributed by atoms with E-state index in [1.807, 2.05) is 24.3 Å². The minimum Gasteiger partial charge on any atom is -0.478 e. The van der Waals surface area contributed by atoms with Crippen LogP contribution < -0.4 is 5.32 Å². The molecule has 3 N–H and O–H groups in total. The summed E-state index contributed by atoms with van der Waals surface area (Å²) in [6.07, 6.45) is 1.03. The number of aromatic amines is 1. The van der Waals surface area contributed by atoms with E-state index in [-0.39, 0.29) is 0 Å². The summed E-state index contributed by atoms with van der Waals surface area (Å²) in [6.45, 7) is 1.98. The Hall–Kier alpha value is -2.01. The smallest absolute Gasteiger partial charge is 0.340 e. The first-order valence-electron chi connectivity index (χ1n) is 6.44. The topological polar surface area (TPSA) is 68.4 Å². The summed E-state index contributed by atoms with van der Waals surface area (Å²) < 4.78 is 0. The first-order valence-corrected chi connectivity index (χ1v) is 6.44. The number of carbonyl (C=O) groups is 1. The van der Waals surface area contributed by atoms with Gasteiger partial charge in [0.2, 0.25) is 0 Å². The lowest BCUT2D eigenvalue weighted by Gasteiger charge is -2.13. The fraction of sp³-hybridized carbons (Fsp3) is 0.357. The number of likely N-dealkylation sites (N-methyl/N-ethyl adjacent to an activating group) is 1. The van der Waals surface area contributed by atoms with Gasteiger partial charge in [-0.2, -0.15) is 0 Å². The average molecular weight is 259 g/mol. The third-order valence-corrected chi connectivity index (χ3v) is 3.66. The number of likely N-dealkylation sites (tertiary alicyclic amines) is 1. The predicted molar refractivity (Wildman–Crippen MR) is 74.8 cm³/mol. The predicted octanol–water partition coefficient (Wildman–Crippen LogP) is 1.98.